The van der Waals surface area contributed by atoms with Crippen molar-refractivity contribution in [2.45, 2.75) is 32.0 Å². The summed E-state index contributed by atoms with van der Waals surface area (Å²) < 4.78 is 5.95. The van der Waals surface area contributed by atoms with Gasteiger partial charge in [-0.1, -0.05) is 30.3 Å². The molecule has 2 saturated heterocycles. The summed E-state index contributed by atoms with van der Waals surface area (Å²) in [5, 5.41) is 7.07. The molecule has 2 aromatic rings. The highest BCUT2D eigenvalue weighted by atomic mass is 16.5. The maximum atomic E-state index is 12.6. The molecular weight excluding hydrogens is 316 g/mol. The largest absolute Gasteiger partial charge is 0.373 e. The van der Waals surface area contributed by atoms with Crippen molar-refractivity contribution in [2.75, 3.05) is 26.2 Å². The van der Waals surface area contributed by atoms with Crippen LogP contribution in [0.5, 0.6) is 0 Å². The molecule has 0 aliphatic carbocycles. The molecule has 2 aliphatic heterocycles. The smallest absolute Gasteiger partial charge is 0.228 e. The van der Waals surface area contributed by atoms with Gasteiger partial charge in [0, 0.05) is 31.9 Å². The monoisotopic (exact) mass is 340 g/mol. The van der Waals surface area contributed by atoms with E-state index in [4.69, 9.17) is 4.74 Å². The lowest BCUT2D eigenvalue weighted by molar-refractivity contribution is -0.130. The molecule has 1 amide bonds. The van der Waals surface area contributed by atoms with Crippen LogP contribution < -0.4 is 0 Å². The number of hydrogen-bond acceptors (Lipinski definition) is 4. The fraction of sp³-hybridized carbons (Fsp3) is 0.474. The van der Waals surface area contributed by atoms with Crippen LogP contribution in [0.1, 0.15) is 17.0 Å². The van der Waals surface area contributed by atoms with Crippen LogP contribution in [-0.2, 0) is 22.5 Å². The van der Waals surface area contributed by atoms with Gasteiger partial charge in [-0.05, 0) is 18.6 Å². The van der Waals surface area contributed by atoms with Gasteiger partial charge in [0.15, 0.2) is 0 Å². The molecule has 3 heterocycles. The number of carbonyl (C=O) groups excluding carboxylic acids is 1. The molecule has 25 heavy (non-hydrogen) atoms. The molecule has 132 valence electrons. The summed E-state index contributed by atoms with van der Waals surface area (Å²) >= 11 is 0. The van der Waals surface area contributed by atoms with E-state index in [1.54, 1.807) is 0 Å². The summed E-state index contributed by atoms with van der Waals surface area (Å²) in [4.78, 5) is 17.0. The Hall–Kier alpha value is -2.18. The fourth-order valence-corrected chi connectivity index (χ4v) is 3.81. The van der Waals surface area contributed by atoms with Crippen molar-refractivity contribution in [3.8, 4) is 0 Å². The number of amides is 1. The Morgan fingerprint density at radius 2 is 2.16 bits per heavy atom. The maximum absolute atomic E-state index is 12.6. The molecule has 0 saturated carbocycles. The average Bonchev–Trinajstić information content (AvgIpc) is 3.22. The zero-order chi connectivity index (χ0) is 17.2. The van der Waals surface area contributed by atoms with Crippen LogP contribution in [0.2, 0.25) is 0 Å². The molecule has 6 heteroatoms. The number of ether oxygens (including phenoxy) is 1. The third-order valence-electron chi connectivity index (χ3n) is 5.09. The molecule has 2 fully saturated rings. The van der Waals surface area contributed by atoms with Crippen LogP contribution in [0.3, 0.4) is 0 Å². The van der Waals surface area contributed by atoms with Gasteiger partial charge in [-0.15, -0.1) is 0 Å². The molecule has 0 radical (unpaired) electrons. The fourth-order valence-electron chi connectivity index (χ4n) is 3.81. The molecule has 1 N–H and O–H groups in total. The van der Waals surface area contributed by atoms with Gasteiger partial charge in [-0.25, -0.2) is 0 Å². The van der Waals surface area contributed by atoms with Crippen molar-refractivity contribution >= 4 is 5.91 Å². The molecular formula is C19H24N4O2. The Morgan fingerprint density at radius 1 is 1.32 bits per heavy atom. The SMILES string of the molecule is Cc1cc(CC(=O)N2C[C@@H]3[C@@H](C2)OCCN3Cc2ccccc2)n[nH]1. The van der Waals surface area contributed by atoms with Crippen molar-refractivity contribution in [2.24, 2.45) is 0 Å². The predicted octanol–water partition coefficient (Wildman–Crippen LogP) is 1.37. The molecule has 0 bridgehead atoms. The average molecular weight is 340 g/mol. The van der Waals surface area contributed by atoms with Gasteiger partial charge >= 0.3 is 0 Å². The number of carbonyl (C=O) groups is 1. The van der Waals surface area contributed by atoms with Gasteiger partial charge in [-0.3, -0.25) is 14.8 Å². The van der Waals surface area contributed by atoms with Crippen LogP contribution in [0.15, 0.2) is 36.4 Å². The zero-order valence-electron chi connectivity index (χ0n) is 14.5. The van der Waals surface area contributed by atoms with E-state index < -0.39 is 0 Å². The Labute approximate surface area is 147 Å². The predicted molar refractivity (Wildman–Crippen MR) is 94.0 cm³/mol. The lowest BCUT2D eigenvalue weighted by atomic mass is 10.1. The number of aromatic amines is 1. The number of morpholine rings is 1. The second kappa shape index (κ2) is 6.98. The minimum absolute atomic E-state index is 0.113. The minimum Gasteiger partial charge on any atom is -0.373 e. The number of H-pyrrole nitrogens is 1. The quantitative estimate of drug-likeness (QED) is 0.913. The summed E-state index contributed by atoms with van der Waals surface area (Å²) in [6.07, 6.45) is 0.463. The lowest BCUT2D eigenvalue weighted by Crippen LogP contribution is -2.50. The number of nitrogens with zero attached hydrogens (tertiary/aromatic N) is 3. The Morgan fingerprint density at radius 3 is 2.92 bits per heavy atom. The Kier molecular flexibility index (Phi) is 4.55. The van der Waals surface area contributed by atoms with Gasteiger partial charge in [0.25, 0.3) is 0 Å². The third kappa shape index (κ3) is 3.60. The van der Waals surface area contributed by atoms with E-state index in [2.05, 4.69) is 39.4 Å². The molecule has 2 atom stereocenters. The van der Waals surface area contributed by atoms with Crippen molar-refractivity contribution in [3.63, 3.8) is 0 Å². The number of aromatic nitrogens is 2. The molecule has 6 nitrogen and oxygen atoms in total. The van der Waals surface area contributed by atoms with E-state index >= 15 is 0 Å². The summed E-state index contributed by atoms with van der Waals surface area (Å²) in [5.41, 5.74) is 3.09. The molecule has 0 unspecified atom stereocenters. The number of hydrogen-bond donors (Lipinski definition) is 1. The lowest BCUT2D eigenvalue weighted by Gasteiger charge is -2.36. The van der Waals surface area contributed by atoms with Gasteiger partial charge in [0.1, 0.15) is 0 Å². The highest BCUT2D eigenvalue weighted by molar-refractivity contribution is 5.78. The number of nitrogens with one attached hydrogen (secondary N) is 1. The second-order valence-corrected chi connectivity index (χ2v) is 6.95. The topological polar surface area (TPSA) is 61.5 Å². The van der Waals surface area contributed by atoms with Crippen LogP contribution in [-0.4, -0.2) is 64.3 Å². The summed E-state index contributed by atoms with van der Waals surface area (Å²) in [6, 6.07) is 12.7. The van der Waals surface area contributed by atoms with E-state index in [-0.39, 0.29) is 18.1 Å². The van der Waals surface area contributed by atoms with Crippen LogP contribution in [0.4, 0.5) is 0 Å². The Bertz CT molecular complexity index is 730. The number of fused-ring (bicyclic) bond motifs is 1. The van der Waals surface area contributed by atoms with E-state index in [1.807, 2.05) is 24.0 Å². The number of aryl methyl sites for hydroxylation is 1. The van der Waals surface area contributed by atoms with Gasteiger partial charge in [0.05, 0.1) is 30.9 Å². The first kappa shape index (κ1) is 16.3. The van der Waals surface area contributed by atoms with E-state index in [0.29, 0.717) is 13.0 Å². The molecule has 1 aromatic heterocycles. The van der Waals surface area contributed by atoms with Gasteiger partial charge in [-0.2, -0.15) is 5.10 Å². The van der Waals surface area contributed by atoms with Crippen LogP contribution in [0, 0.1) is 6.92 Å². The van der Waals surface area contributed by atoms with Crippen molar-refractivity contribution in [1.29, 1.82) is 0 Å². The van der Waals surface area contributed by atoms with Gasteiger partial charge < -0.3 is 9.64 Å². The first-order chi connectivity index (χ1) is 12.2. The minimum atomic E-state index is 0.113. The first-order valence-electron chi connectivity index (χ1n) is 8.87. The van der Waals surface area contributed by atoms with Crippen LogP contribution in [0.25, 0.3) is 0 Å². The number of rotatable bonds is 4. The van der Waals surface area contributed by atoms with E-state index in [1.165, 1.54) is 5.56 Å². The van der Waals surface area contributed by atoms with E-state index in [9.17, 15) is 4.79 Å². The van der Waals surface area contributed by atoms with E-state index in [0.717, 1.165) is 37.6 Å². The summed E-state index contributed by atoms with van der Waals surface area (Å²) in [5.74, 6) is 0.129. The molecule has 4 rings (SSSR count). The number of benzene rings is 1. The first-order valence-corrected chi connectivity index (χ1v) is 8.87. The Balaban J connectivity index is 1.40. The summed E-state index contributed by atoms with van der Waals surface area (Å²) in [7, 11) is 0. The second-order valence-electron chi connectivity index (χ2n) is 6.95. The number of likely N-dealkylation sites (tertiary alicyclic amines) is 1. The zero-order valence-corrected chi connectivity index (χ0v) is 14.5. The molecule has 1 aromatic carbocycles. The van der Waals surface area contributed by atoms with Crippen molar-refractivity contribution < 1.29 is 9.53 Å². The van der Waals surface area contributed by atoms with Crippen molar-refractivity contribution in [3.05, 3.63) is 53.3 Å². The van der Waals surface area contributed by atoms with Gasteiger partial charge in [0.2, 0.25) is 5.91 Å². The highest BCUT2D eigenvalue weighted by Crippen LogP contribution is 2.25. The molecule has 2 aliphatic rings. The molecule has 0 spiro atoms. The highest BCUT2D eigenvalue weighted by Gasteiger charge is 2.41. The van der Waals surface area contributed by atoms with Crippen molar-refractivity contribution in [1.82, 2.24) is 20.0 Å². The van der Waals surface area contributed by atoms with Crippen LogP contribution >= 0.6 is 0 Å². The summed E-state index contributed by atoms with van der Waals surface area (Å²) in [6.45, 7) is 5.91. The third-order valence-corrected chi connectivity index (χ3v) is 5.09. The normalized spacial score (nSPS) is 23.6. The maximum Gasteiger partial charge on any atom is 0.228 e. The standard InChI is InChI=1S/C19H24N4O2/c1-14-9-16(21-20-14)10-19(24)23-12-17-18(13-23)25-8-7-22(17)11-15-5-3-2-4-6-15/h2-6,9,17-18H,7-8,10-13H2,1H3,(H,20,21)/t17-,18-/m1/s1.